The van der Waals surface area contributed by atoms with Gasteiger partial charge in [-0.3, -0.25) is 0 Å². The molecule has 1 aliphatic rings. The van der Waals surface area contributed by atoms with Crippen molar-refractivity contribution in [3.63, 3.8) is 0 Å². The lowest BCUT2D eigenvalue weighted by atomic mass is 10.1. The molecule has 1 aliphatic heterocycles. The number of nitrogens with zero attached hydrogens (tertiary/aromatic N) is 2. The Labute approximate surface area is 128 Å². The van der Waals surface area contributed by atoms with Crippen molar-refractivity contribution < 1.29 is 13.9 Å². The van der Waals surface area contributed by atoms with E-state index in [1.807, 2.05) is 19.1 Å². The molecule has 0 amide bonds. The van der Waals surface area contributed by atoms with E-state index in [2.05, 4.69) is 15.5 Å². The van der Waals surface area contributed by atoms with Gasteiger partial charge in [0.25, 0.3) is 0 Å². The van der Waals surface area contributed by atoms with Crippen molar-refractivity contribution in [3.8, 4) is 11.3 Å². The van der Waals surface area contributed by atoms with Crippen LogP contribution in [0.25, 0.3) is 11.3 Å². The number of halogens is 1. The maximum Gasteiger partial charge on any atom is 0.167 e. The Kier molecular flexibility index (Phi) is 4.31. The molecule has 0 unspecified atom stereocenters. The molecule has 2 aromatic rings. The summed E-state index contributed by atoms with van der Waals surface area (Å²) < 4.78 is 24.0. The van der Waals surface area contributed by atoms with Gasteiger partial charge < -0.3 is 14.8 Å². The van der Waals surface area contributed by atoms with Gasteiger partial charge in [-0.15, -0.1) is 10.2 Å². The summed E-state index contributed by atoms with van der Waals surface area (Å²) in [5, 5.41) is 11.5. The topological polar surface area (TPSA) is 56.3 Å². The fraction of sp³-hybridized carbons (Fsp3) is 0.375. The zero-order valence-corrected chi connectivity index (χ0v) is 12.4. The van der Waals surface area contributed by atoms with Crippen LogP contribution in [0.3, 0.4) is 0 Å². The molecule has 116 valence electrons. The first-order valence-corrected chi connectivity index (χ1v) is 7.26. The third-order valence-electron chi connectivity index (χ3n) is 3.59. The van der Waals surface area contributed by atoms with Crippen LogP contribution in [0.1, 0.15) is 13.3 Å². The minimum atomic E-state index is -0.505. The lowest BCUT2D eigenvalue weighted by Crippen LogP contribution is -2.28. The van der Waals surface area contributed by atoms with E-state index in [1.54, 1.807) is 12.1 Å². The van der Waals surface area contributed by atoms with E-state index in [0.29, 0.717) is 31.3 Å². The smallest absolute Gasteiger partial charge is 0.167 e. The maximum atomic E-state index is 12.9. The van der Waals surface area contributed by atoms with Crippen LogP contribution in [-0.4, -0.2) is 35.7 Å². The molecule has 0 bridgehead atoms. The molecular formula is C16H18FN3O2. The van der Waals surface area contributed by atoms with Crippen molar-refractivity contribution in [1.82, 2.24) is 10.2 Å². The van der Waals surface area contributed by atoms with Crippen LogP contribution in [0.15, 0.2) is 36.4 Å². The van der Waals surface area contributed by atoms with Gasteiger partial charge in [0.15, 0.2) is 5.79 Å². The molecule has 1 saturated heterocycles. The van der Waals surface area contributed by atoms with Gasteiger partial charge in [-0.2, -0.15) is 0 Å². The van der Waals surface area contributed by atoms with Crippen molar-refractivity contribution in [2.24, 2.45) is 0 Å². The average Bonchev–Trinajstić information content (AvgIpc) is 2.96. The standard InChI is InChI=1S/C16H18FN3O2/c1-16(21-10-11-22-16)8-9-18-15-7-6-14(19-20-15)12-2-4-13(17)5-3-12/h2-7H,8-11H2,1H3,(H,18,20). The summed E-state index contributed by atoms with van der Waals surface area (Å²) in [6, 6.07) is 9.89. The lowest BCUT2D eigenvalue weighted by molar-refractivity contribution is -0.144. The molecular weight excluding hydrogens is 285 g/mol. The molecule has 0 spiro atoms. The van der Waals surface area contributed by atoms with Crippen molar-refractivity contribution in [2.45, 2.75) is 19.1 Å². The van der Waals surface area contributed by atoms with Crippen molar-refractivity contribution >= 4 is 5.82 Å². The van der Waals surface area contributed by atoms with E-state index in [9.17, 15) is 4.39 Å². The summed E-state index contributed by atoms with van der Waals surface area (Å²) in [4.78, 5) is 0. The Morgan fingerprint density at radius 1 is 1.09 bits per heavy atom. The van der Waals surface area contributed by atoms with E-state index in [4.69, 9.17) is 9.47 Å². The van der Waals surface area contributed by atoms with Crippen LogP contribution >= 0.6 is 0 Å². The molecule has 22 heavy (non-hydrogen) atoms. The van der Waals surface area contributed by atoms with Crippen LogP contribution in [-0.2, 0) is 9.47 Å². The van der Waals surface area contributed by atoms with Crippen molar-refractivity contribution in [2.75, 3.05) is 25.1 Å². The molecule has 0 saturated carbocycles. The van der Waals surface area contributed by atoms with E-state index < -0.39 is 5.79 Å². The Morgan fingerprint density at radius 2 is 1.82 bits per heavy atom. The molecule has 2 heterocycles. The first kappa shape index (κ1) is 14.9. The number of hydrogen-bond acceptors (Lipinski definition) is 5. The van der Waals surface area contributed by atoms with Crippen molar-refractivity contribution in [1.29, 1.82) is 0 Å². The normalized spacial score (nSPS) is 16.6. The van der Waals surface area contributed by atoms with Crippen LogP contribution < -0.4 is 5.32 Å². The second-order valence-corrected chi connectivity index (χ2v) is 5.32. The van der Waals surface area contributed by atoms with E-state index >= 15 is 0 Å². The summed E-state index contributed by atoms with van der Waals surface area (Å²) in [5.74, 6) is -0.0820. The Bertz CT molecular complexity index is 610. The molecule has 0 atom stereocenters. The predicted molar refractivity (Wildman–Crippen MR) is 80.8 cm³/mol. The Balaban J connectivity index is 1.56. The monoisotopic (exact) mass is 303 g/mol. The first-order chi connectivity index (χ1) is 10.6. The number of benzene rings is 1. The summed E-state index contributed by atoms with van der Waals surface area (Å²) in [5.41, 5.74) is 1.54. The quantitative estimate of drug-likeness (QED) is 0.920. The Hall–Kier alpha value is -2.05. The van der Waals surface area contributed by atoms with Gasteiger partial charge >= 0.3 is 0 Å². The van der Waals surface area contributed by atoms with E-state index in [-0.39, 0.29) is 5.82 Å². The molecule has 1 aromatic heterocycles. The zero-order valence-electron chi connectivity index (χ0n) is 12.4. The van der Waals surface area contributed by atoms with Crippen LogP contribution in [0.5, 0.6) is 0 Å². The largest absolute Gasteiger partial charge is 0.368 e. The minimum absolute atomic E-state index is 0.264. The Morgan fingerprint density at radius 3 is 2.45 bits per heavy atom. The predicted octanol–water partition coefficient (Wildman–Crippen LogP) is 2.85. The van der Waals surface area contributed by atoms with Gasteiger partial charge in [0.1, 0.15) is 11.6 Å². The molecule has 5 nitrogen and oxygen atoms in total. The SMILES string of the molecule is CC1(CCNc2ccc(-c3ccc(F)cc3)nn2)OCCO1. The highest BCUT2D eigenvalue weighted by Gasteiger charge is 2.30. The fourth-order valence-electron chi connectivity index (χ4n) is 2.32. The third kappa shape index (κ3) is 3.58. The van der Waals surface area contributed by atoms with Gasteiger partial charge in [-0.25, -0.2) is 4.39 Å². The summed E-state index contributed by atoms with van der Waals surface area (Å²) in [6.07, 6.45) is 0.731. The third-order valence-corrected chi connectivity index (χ3v) is 3.59. The van der Waals surface area contributed by atoms with Crippen molar-refractivity contribution in [3.05, 3.63) is 42.2 Å². The second-order valence-electron chi connectivity index (χ2n) is 5.32. The number of nitrogens with one attached hydrogen (secondary N) is 1. The van der Waals surface area contributed by atoms with Gasteiger partial charge in [0, 0.05) is 18.5 Å². The number of ether oxygens (including phenoxy) is 2. The lowest BCUT2D eigenvalue weighted by Gasteiger charge is -2.22. The van der Waals surface area contributed by atoms with Crippen LogP contribution in [0.2, 0.25) is 0 Å². The molecule has 6 heteroatoms. The summed E-state index contributed by atoms with van der Waals surface area (Å²) in [7, 11) is 0. The fourth-order valence-corrected chi connectivity index (χ4v) is 2.32. The summed E-state index contributed by atoms with van der Waals surface area (Å²) in [6.45, 7) is 3.90. The molecule has 3 rings (SSSR count). The van der Waals surface area contributed by atoms with Gasteiger partial charge in [0.2, 0.25) is 0 Å². The van der Waals surface area contributed by atoms with Gasteiger partial charge in [-0.05, 0) is 43.3 Å². The highest BCUT2D eigenvalue weighted by molar-refractivity contribution is 5.59. The molecule has 1 N–H and O–H groups in total. The molecule has 1 aromatic carbocycles. The second kappa shape index (κ2) is 6.37. The van der Waals surface area contributed by atoms with Crippen LogP contribution in [0, 0.1) is 5.82 Å². The average molecular weight is 303 g/mol. The molecule has 0 aliphatic carbocycles. The summed E-state index contributed by atoms with van der Waals surface area (Å²) >= 11 is 0. The highest BCUT2D eigenvalue weighted by atomic mass is 19.1. The first-order valence-electron chi connectivity index (χ1n) is 7.26. The number of rotatable bonds is 5. The maximum absolute atomic E-state index is 12.9. The zero-order chi connectivity index (χ0) is 15.4. The number of anilines is 1. The van der Waals surface area contributed by atoms with Gasteiger partial charge in [0.05, 0.1) is 18.9 Å². The number of aromatic nitrogens is 2. The van der Waals surface area contributed by atoms with Gasteiger partial charge in [-0.1, -0.05) is 0 Å². The van der Waals surface area contributed by atoms with Crippen LogP contribution in [0.4, 0.5) is 10.2 Å². The molecule has 1 fully saturated rings. The van der Waals surface area contributed by atoms with E-state index in [1.165, 1.54) is 12.1 Å². The number of hydrogen-bond donors (Lipinski definition) is 1. The van der Waals surface area contributed by atoms with E-state index in [0.717, 1.165) is 12.0 Å². The minimum Gasteiger partial charge on any atom is -0.368 e. The highest BCUT2D eigenvalue weighted by Crippen LogP contribution is 2.22. The molecule has 0 radical (unpaired) electrons.